The summed E-state index contributed by atoms with van der Waals surface area (Å²) in [5, 5.41) is 6.42. The van der Waals surface area contributed by atoms with Gasteiger partial charge in [-0.15, -0.1) is 0 Å². The van der Waals surface area contributed by atoms with Crippen LogP contribution in [0.5, 0.6) is 5.75 Å². The van der Waals surface area contributed by atoms with Gasteiger partial charge in [0, 0.05) is 36.8 Å². The summed E-state index contributed by atoms with van der Waals surface area (Å²) in [6.45, 7) is 1.98. The molecule has 0 aromatic heterocycles. The predicted molar refractivity (Wildman–Crippen MR) is 165 cm³/mol. The lowest BCUT2D eigenvalue weighted by Crippen LogP contribution is -2.46. The lowest BCUT2D eigenvalue weighted by molar-refractivity contribution is -0.144. The molecule has 1 aliphatic heterocycles. The van der Waals surface area contributed by atoms with E-state index in [1.165, 1.54) is 12.5 Å². The second-order valence-corrected chi connectivity index (χ2v) is 11.6. The number of ether oxygens (including phenoxy) is 2. The third-order valence-corrected chi connectivity index (χ3v) is 8.76. The Labute approximate surface area is 253 Å². The molecule has 8 heteroatoms. The summed E-state index contributed by atoms with van der Waals surface area (Å²) in [6.07, 6.45) is 5.93. The molecule has 0 bridgehead atoms. The van der Waals surface area contributed by atoms with E-state index in [1.54, 1.807) is 48.4 Å². The fourth-order valence-electron chi connectivity index (χ4n) is 6.33. The molecule has 228 valence electrons. The van der Waals surface area contributed by atoms with Gasteiger partial charge in [0.2, 0.25) is 5.91 Å². The summed E-state index contributed by atoms with van der Waals surface area (Å²) in [7, 11) is 1.57. The van der Waals surface area contributed by atoms with Crippen LogP contribution in [0.2, 0.25) is 0 Å². The molecule has 1 aliphatic carbocycles. The molecule has 3 aromatic carbocycles. The quantitative estimate of drug-likeness (QED) is 0.228. The molecule has 1 heterocycles. The van der Waals surface area contributed by atoms with Crippen molar-refractivity contribution >= 4 is 17.5 Å². The highest BCUT2D eigenvalue weighted by molar-refractivity contribution is 5.95. The lowest BCUT2D eigenvalue weighted by atomic mass is 9.79. The minimum absolute atomic E-state index is 0.00340. The Morgan fingerprint density at radius 3 is 2.63 bits per heavy atom. The third-order valence-electron chi connectivity index (χ3n) is 8.76. The number of carbonyl (C=O) groups excluding carboxylic acids is 2. The van der Waals surface area contributed by atoms with Crippen molar-refractivity contribution in [2.75, 3.05) is 38.8 Å². The number of nitrogens with one attached hydrogen (secondary N) is 2. The second-order valence-electron chi connectivity index (χ2n) is 11.6. The first-order valence-corrected chi connectivity index (χ1v) is 15.4. The maximum Gasteiger partial charge on any atom is 0.251 e. The van der Waals surface area contributed by atoms with Gasteiger partial charge in [0.1, 0.15) is 18.3 Å². The molecule has 2 atom stereocenters. The van der Waals surface area contributed by atoms with E-state index in [9.17, 15) is 14.0 Å². The summed E-state index contributed by atoms with van der Waals surface area (Å²) >= 11 is 0. The van der Waals surface area contributed by atoms with Crippen LogP contribution in [0.25, 0.3) is 0 Å². The Balaban J connectivity index is 1.31. The highest BCUT2D eigenvalue weighted by Gasteiger charge is 2.34. The zero-order valence-electron chi connectivity index (χ0n) is 24.9. The smallest absolute Gasteiger partial charge is 0.251 e. The fraction of sp³-hybridized carbons (Fsp3) is 0.429. The fourth-order valence-corrected chi connectivity index (χ4v) is 6.33. The number of nitrogens with zero attached hydrogens (tertiary/aromatic N) is 1. The molecule has 5 rings (SSSR count). The molecule has 0 saturated heterocycles. The summed E-state index contributed by atoms with van der Waals surface area (Å²) in [5.41, 5.74) is 3.43. The van der Waals surface area contributed by atoms with Crippen molar-refractivity contribution in [2.45, 2.75) is 51.0 Å². The van der Waals surface area contributed by atoms with Gasteiger partial charge in [-0.1, -0.05) is 55.7 Å². The van der Waals surface area contributed by atoms with Crippen LogP contribution in [0.15, 0.2) is 72.8 Å². The first-order valence-electron chi connectivity index (χ1n) is 15.4. The van der Waals surface area contributed by atoms with Crippen LogP contribution in [-0.2, 0) is 16.1 Å². The van der Waals surface area contributed by atoms with Crippen LogP contribution in [-0.4, -0.2) is 50.2 Å². The Bertz CT molecular complexity index is 1360. The van der Waals surface area contributed by atoms with Crippen LogP contribution in [0.3, 0.4) is 0 Å². The number of rotatable bonds is 13. The van der Waals surface area contributed by atoms with E-state index in [0.717, 1.165) is 42.5 Å². The predicted octanol–water partition coefficient (Wildman–Crippen LogP) is 6.36. The molecular formula is C35H42FN3O4. The van der Waals surface area contributed by atoms with Crippen molar-refractivity contribution in [3.8, 4) is 5.75 Å². The number of methoxy groups -OCH3 is 1. The first-order chi connectivity index (χ1) is 21.0. The first kappa shape index (κ1) is 30.5. The van der Waals surface area contributed by atoms with Gasteiger partial charge >= 0.3 is 0 Å². The standard InChI is InChI=1S/C35H42FN3O4/c1-42-30-14-8-13-27(19-30)34(40)38-22-32(26-11-6-3-7-12-26)35(41)39(24-43-23-25-9-4-2-5-10-25)18-17-28-21-37-33-16-15-29(36)20-31(28)33/h2,4-5,8-10,13-16,19-20,26,28,32,37H,3,6-7,11-12,17-18,21-24H2,1H3,(H,38,40)/t28?,32-/m0/s1. The van der Waals surface area contributed by atoms with Crippen LogP contribution in [0.1, 0.15) is 65.9 Å². The number of halogens is 1. The SMILES string of the molecule is COc1cccc(C(=O)NC[C@H](C(=O)N(CCC2CNc3ccc(F)cc32)COCc2ccccc2)C2CCCCC2)c1. The van der Waals surface area contributed by atoms with Crippen LogP contribution in [0, 0.1) is 17.7 Å². The summed E-state index contributed by atoms with van der Waals surface area (Å²) in [5.74, 6) is 0.0448. The highest BCUT2D eigenvalue weighted by Crippen LogP contribution is 2.35. The van der Waals surface area contributed by atoms with E-state index in [1.807, 2.05) is 30.3 Å². The minimum atomic E-state index is -0.360. The van der Waals surface area contributed by atoms with Crippen molar-refractivity contribution < 1.29 is 23.5 Å². The minimum Gasteiger partial charge on any atom is -0.497 e. The van der Waals surface area contributed by atoms with Gasteiger partial charge in [0.05, 0.1) is 19.6 Å². The molecule has 2 N–H and O–H groups in total. The molecule has 43 heavy (non-hydrogen) atoms. The molecule has 1 fully saturated rings. The van der Waals surface area contributed by atoms with Crippen LogP contribution in [0.4, 0.5) is 10.1 Å². The summed E-state index contributed by atoms with van der Waals surface area (Å²) < 4.78 is 25.4. The Hall–Kier alpha value is -3.91. The van der Waals surface area contributed by atoms with Crippen molar-refractivity contribution in [1.29, 1.82) is 0 Å². The molecule has 0 spiro atoms. The van der Waals surface area contributed by atoms with Gasteiger partial charge in [-0.2, -0.15) is 0 Å². The molecule has 2 aliphatic rings. The van der Waals surface area contributed by atoms with E-state index >= 15 is 0 Å². The Morgan fingerprint density at radius 1 is 1.02 bits per heavy atom. The van der Waals surface area contributed by atoms with E-state index in [0.29, 0.717) is 37.4 Å². The summed E-state index contributed by atoms with van der Waals surface area (Å²) in [6, 6.07) is 21.8. The second kappa shape index (κ2) is 15.0. The van der Waals surface area contributed by atoms with Gasteiger partial charge in [-0.25, -0.2) is 4.39 Å². The average Bonchev–Trinajstić information content (AvgIpc) is 3.45. The van der Waals surface area contributed by atoms with Crippen molar-refractivity contribution in [1.82, 2.24) is 10.2 Å². The molecule has 1 unspecified atom stereocenters. The normalized spacial score (nSPS) is 17.0. The topological polar surface area (TPSA) is 79.9 Å². The average molecular weight is 588 g/mol. The molecule has 0 radical (unpaired) electrons. The zero-order chi connectivity index (χ0) is 30.0. The molecule has 2 amide bonds. The maximum absolute atomic E-state index is 14.3. The monoisotopic (exact) mass is 587 g/mol. The number of hydrogen-bond acceptors (Lipinski definition) is 5. The Kier molecular flexibility index (Phi) is 10.7. The largest absolute Gasteiger partial charge is 0.497 e. The molecule has 1 saturated carbocycles. The van der Waals surface area contributed by atoms with Gasteiger partial charge < -0.3 is 25.0 Å². The Morgan fingerprint density at radius 2 is 1.84 bits per heavy atom. The number of carbonyl (C=O) groups is 2. The van der Waals surface area contributed by atoms with Crippen molar-refractivity contribution in [3.63, 3.8) is 0 Å². The van der Waals surface area contributed by atoms with Gasteiger partial charge in [0.15, 0.2) is 0 Å². The number of fused-ring (bicyclic) bond motifs is 1. The lowest BCUT2D eigenvalue weighted by Gasteiger charge is -2.34. The third kappa shape index (κ3) is 8.14. The molecule has 7 nitrogen and oxygen atoms in total. The van der Waals surface area contributed by atoms with Crippen molar-refractivity contribution in [3.05, 3.63) is 95.3 Å². The van der Waals surface area contributed by atoms with Gasteiger partial charge in [0.25, 0.3) is 5.91 Å². The van der Waals surface area contributed by atoms with Gasteiger partial charge in [-0.3, -0.25) is 9.59 Å². The highest BCUT2D eigenvalue weighted by atomic mass is 19.1. The number of hydrogen-bond donors (Lipinski definition) is 2. The number of anilines is 1. The van der Waals surface area contributed by atoms with E-state index in [-0.39, 0.29) is 48.7 Å². The number of benzene rings is 3. The van der Waals surface area contributed by atoms with E-state index < -0.39 is 0 Å². The van der Waals surface area contributed by atoms with Crippen molar-refractivity contribution in [2.24, 2.45) is 11.8 Å². The summed E-state index contributed by atoms with van der Waals surface area (Å²) in [4.78, 5) is 29.3. The maximum atomic E-state index is 14.3. The van der Waals surface area contributed by atoms with Gasteiger partial charge in [-0.05, 0) is 72.7 Å². The number of amides is 2. The van der Waals surface area contributed by atoms with E-state index in [2.05, 4.69) is 10.6 Å². The van der Waals surface area contributed by atoms with Crippen LogP contribution < -0.4 is 15.4 Å². The van der Waals surface area contributed by atoms with E-state index in [4.69, 9.17) is 9.47 Å². The molecule has 3 aromatic rings. The zero-order valence-corrected chi connectivity index (χ0v) is 24.9. The molecular weight excluding hydrogens is 545 g/mol. The van der Waals surface area contributed by atoms with Crippen LogP contribution >= 0.6 is 0 Å².